The molecule has 96 valence electrons. The fourth-order valence-electron chi connectivity index (χ4n) is 1.96. The molecule has 1 aliphatic heterocycles. The van der Waals surface area contributed by atoms with Crippen LogP contribution in [0, 0.1) is 5.92 Å². The van der Waals surface area contributed by atoms with Crippen molar-refractivity contribution >= 4 is 17.3 Å². The van der Waals surface area contributed by atoms with Gasteiger partial charge in [0.2, 0.25) is 0 Å². The highest BCUT2D eigenvalue weighted by atomic mass is 16.5. The zero-order valence-electron chi connectivity index (χ0n) is 10.1. The number of ether oxygens (including phenoxy) is 2. The van der Waals surface area contributed by atoms with Crippen molar-refractivity contribution in [2.24, 2.45) is 5.92 Å². The van der Waals surface area contributed by atoms with E-state index in [2.05, 4.69) is 0 Å². The van der Waals surface area contributed by atoms with Gasteiger partial charge in [0.05, 0.1) is 12.3 Å². The summed E-state index contributed by atoms with van der Waals surface area (Å²) in [6.07, 6.45) is 2.48. The van der Waals surface area contributed by atoms with Crippen molar-refractivity contribution in [3.63, 3.8) is 0 Å². The van der Waals surface area contributed by atoms with Crippen LogP contribution >= 0.6 is 0 Å². The van der Waals surface area contributed by atoms with Crippen molar-refractivity contribution in [3.05, 3.63) is 18.2 Å². The fourth-order valence-corrected chi connectivity index (χ4v) is 1.96. The van der Waals surface area contributed by atoms with Gasteiger partial charge in [-0.3, -0.25) is 9.69 Å². The molecule has 1 aliphatic carbocycles. The van der Waals surface area contributed by atoms with E-state index in [1.54, 1.807) is 23.1 Å². The molecule has 2 aliphatic rings. The van der Waals surface area contributed by atoms with Crippen LogP contribution in [-0.4, -0.2) is 25.9 Å². The molecular weight excluding hydrogens is 232 g/mol. The van der Waals surface area contributed by atoms with Gasteiger partial charge in [-0.15, -0.1) is 0 Å². The molecule has 5 nitrogen and oxygen atoms in total. The molecule has 1 amide bonds. The van der Waals surface area contributed by atoms with Gasteiger partial charge in [-0.05, 0) is 30.9 Å². The first-order valence-corrected chi connectivity index (χ1v) is 6.14. The molecule has 0 atom stereocenters. The average Bonchev–Trinajstić information content (AvgIpc) is 3.16. The second-order valence-electron chi connectivity index (χ2n) is 4.78. The number of nitrogen functional groups attached to an aromatic ring is 1. The lowest BCUT2D eigenvalue weighted by molar-refractivity contribution is -0.122. The first-order chi connectivity index (χ1) is 8.74. The highest BCUT2D eigenvalue weighted by Gasteiger charge is 2.27. The average molecular weight is 248 g/mol. The summed E-state index contributed by atoms with van der Waals surface area (Å²) in [6.45, 7) is 1.06. The first kappa shape index (κ1) is 11.3. The molecule has 18 heavy (non-hydrogen) atoms. The standard InChI is InChI=1S/C13H16N2O3/c14-10-3-4-11-12(5-10)18-7-13(16)15(11)8-17-6-9-1-2-9/h3-5,9H,1-2,6-8,14H2. The first-order valence-electron chi connectivity index (χ1n) is 6.14. The Morgan fingerprint density at radius 3 is 3.06 bits per heavy atom. The lowest BCUT2D eigenvalue weighted by Gasteiger charge is -2.29. The quantitative estimate of drug-likeness (QED) is 0.817. The molecule has 5 heteroatoms. The van der Waals surface area contributed by atoms with Crippen LogP contribution in [0.1, 0.15) is 12.8 Å². The van der Waals surface area contributed by atoms with Gasteiger partial charge in [0, 0.05) is 11.8 Å². The Balaban J connectivity index is 1.73. The Morgan fingerprint density at radius 2 is 2.28 bits per heavy atom. The number of carbonyl (C=O) groups is 1. The molecule has 0 saturated heterocycles. The Kier molecular flexibility index (Phi) is 2.83. The maximum Gasteiger partial charge on any atom is 0.266 e. The monoisotopic (exact) mass is 248 g/mol. The lowest BCUT2D eigenvalue weighted by atomic mass is 10.2. The van der Waals surface area contributed by atoms with Crippen LogP contribution in [0.2, 0.25) is 0 Å². The van der Waals surface area contributed by atoms with Gasteiger partial charge in [-0.1, -0.05) is 0 Å². The third-order valence-corrected chi connectivity index (χ3v) is 3.20. The number of nitrogens with zero attached hydrogens (tertiary/aromatic N) is 1. The van der Waals surface area contributed by atoms with E-state index in [9.17, 15) is 4.79 Å². The summed E-state index contributed by atoms with van der Waals surface area (Å²) in [5.41, 5.74) is 7.05. The predicted molar refractivity (Wildman–Crippen MR) is 67.4 cm³/mol. The zero-order valence-corrected chi connectivity index (χ0v) is 10.1. The molecule has 0 aromatic heterocycles. The number of benzene rings is 1. The second-order valence-corrected chi connectivity index (χ2v) is 4.78. The van der Waals surface area contributed by atoms with Crippen LogP contribution in [0.5, 0.6) is 5.75 Å². The highest BCUT2D eigenvalue weighted by molar-refractivity contribution is 5.97. The van der Waals surface area contributed by atoms with E-state index < -0.39 is 0 Å². The Morgan fingerprint density at radius 1 is 1.44 bits per heavy atom. The Hall–Kier alpha value is -1.75. The van der Waals surface area contributed by atoms with E-state index in [1.807, 2.05) is 0 Å². The number of hydrogen-bond acceptors (Lipinski definition) is 4. The molecule has 1 saturated carbocycles. The smallest absolute Gasteiger partial charge is 0.266 e. The number of anilines is 2. The van der Waals surface area contributed by atoms with E-state index in [0.29, 0.717) is 17.4 Å². The van der Waals surface area contributed by atoms with Crippen molar-refractivity contribution in [2.75, 3.05) is 30.6 Å². The van der Waals surface area contributed by atoms with Crippen molar-refractivity contribution < 1.29 is 14.3 Å². The summed E-state index contributed by atoms with van der Waals surface area (Å²) in [4.78, 5) is 13.4. The van der Waals surface area contributed by atoms with Gasteiger partial charge >= 0.3 is 0 Å². The summed E-state index contributed by atoms with van der Waals surface area (Å²) in [5.74, 6) is 1.25. The molecule has 1 heterocycles. The molecular formula is C13H16N2O3. The highest BCUT2D eigenvalue weighted by Crippen LogP contribution is 2.34. The number of amides is 1. The molecule has 1 aromatic carbocycles. The Labute approximate surface area is 105 Å². The van der Waals surface area contributed by atoms with Crippen LogP contribution < -0.4 is 15.4 Å². The summed E-state index contributed by atoms with van der Waals surface area (Å²) in [7, 11) is 0. The third kappa shape index (κ3) is 2.26. The SMILES string of the molecule is Nc1ccc2c(c1)OCC(=O)N2COCC1CC1. The molecule has 3 rings (SSSR count). The zero-order chi connectivity index (χ0) is 12.5. The molecule has 0 unspecified atom stereocenters. The van der Waals surface area contributed by atoms with Crippen LogP contribution in [0.4, 0.5) is 11.4 Å². The third-order valence-electron chi connectivity index (χ3n) is 3.20. The number of carbonyl (C=O) groups excluding carboxylic acids is 1. The van der Waals surface area contributed by atoms with Crippen molar-refractivity contribution in [2.45, 2.75) is 12.8 Å². The molecule has 2 N–H and O–H groups in total. The summed E-state index contributed by atoms with van der Waals surface area (Å²) >= 11 is 0. The maximum absolute atomic E-state index is 11.8. The largest absolute Gasteiger partial charge is 0.481 e. The van der Waals surface area contributed by atoms with Gasteiger partial charge in [0.25, 0.3) is 5.91 Å². The summed E-state index contributed by atoms with van der Waals surface area (Å²) in [5, 5.41) is 0. The minimum Gasteiger partial charge on any atom is -0.481 e. The lowest BCUT2D eigenvalue weighted by Crippen LogP contribution is -2.40. The van der Waals surface area contributed by atoms with E-state index in [-0.39, 0.29) is 19.2 Å². The minimum atomic E-state index is -0.0805. The van der Waals surface area contributed by atoms with Gasteiger partial charge in [-0.25, -0.2) is 0 Å². The predicted octanol–water partition coefficient (Wildman–Crippen LogP) is 1.38. The van der Waals surface area contributed by atoms with Crippen LogP contribution in [0.25, 0.3) is 0 Å². The molecule has 0 bridgehead atoms. The van der Waals surface area contributed by atoms with E-state index in [4.69, 9.17) is 15.2 Å². The molecule has 0 radical (unpaired) electrons. The van der Waals surface area contributed by atoms with Crippen LogP contribution in [0.3, 0.4) is 0 Å². The van der Waals surface area contributed by atoms with Gasteiger partial charge in [-0.2, -0.15) is 0 Å². The van der Waals surface area contributed by atoms with Gasteiger partial charge < -0.3 is 15.2 Å². The number of rotatable bonds is 4. The normalized spacial score (nSPS) is 18.4. The van der Waals surface area contributed by atoms with E-state index in [0.717, 1.165) is 12.3 Å². The number of nitrogens with two attached hydrogens (primary N) is 1. The van der Waals surface area contributed by atoms with Crippen molar-refractivity contribution in [3.8, 4) is 5.75 Å². The molecule has 1 aromatic rings. The second kappa shape index (κ2) is 4.49. The van der Waals surface area contributed by atoms with E-state index >= 15 is 0 Å². The topological polar surface area (TPSA) is 64.8 Å². The summed E-state index contributed by atoms with van der Waals surface area (Å²) < 4.78 is 10.9. The number of fused-ring (bicyclic) bond motifs is 1. The molecule has 0 spiro atoms. The van der Waals surface area contributed by atoms with Crippen LogP contribution in [0.15, 0.2) is 18.2 Å². The van der Waals surface area contributed by atoms with Gasteiger partial charge in [0.15, 0.2) is 6.61 Å². The minimum absolute atomic E-state index is 0.0449. The van der Waals surface area contributed by atoms with Crippen molar-refractivity contribution in [1.29, 1.82) is 0 Å². The fraction of sp³-hybridized carbons (Fsp3) is 0.462. The van der Waals surface area contributed by atoms with Gasteiger partial charge in [0.1, 0.15) is 12.5 Å². The van der Waals surface area contributed by atoms with Crippen molar-refractivity contribution in [1.82, 2.24) is 0 Å². The Bertz CT molecular complexity index is 471. The molecule has 1 fully saturated rings. The van der Waals surface area contributed by atoms with Crippen LogP contribution in [-0.2, 0) is 9.53 Å². The maximum atomic E-state index is 11.8. The number of hydrogen-bond donors (Lipinski definition) is 1. The van der Waals surface area contributed by atoms with E-state index in [1.165, 1.54) is 12.8 Å². The summed E-state index contributed by atoms with van der Waals surface area (Å²) in [6, 6.07) is 5.28.